The van der Waals surface area contributed by atoms with Crippen LogP contribution in [0, 0.1) is 26.6 Å². The van der Waals surface area contributed by atoms with Crippen LogP contribution in [0.25, 0.3) is 0 Å². The fraction of sp³-hybridized carbons (Fsp3) is 0.333. The number of halogens is 1. The molecule has 0 aliphatic rings. The van der Waals surface area contributed by atoms with E-state index in [4.69, 9.17) is 0 Å². The van der Waals surface area contributed by atoms with Crippen molar-refractivity contribution in [3.63, 3.8) is 0 Å². The van der Waals surface area contributed by atoms with Crippen molar-refractivity contribution in [1.82, 2.24) is 0 Å². The standard InChI is InChI=1S/C18H21FOS/c1-12-8-13(2)16(14(3)9-12)10-15(20)11-21-18-7-5-4-6-17(18)19/h4-9,15,20H,10-11H2,1-3H3. The van der Waals surface area contributed by atoms with Gasteiger partial charge in [0.15, 0.2) is 0 Å². The average molecular weight is 304 g/mol. The molecule has 1 N–H and O–H groups in total. The van der Waals surface area contributed by atoms with Crippen molar-refractivity contribution >= 4 is 11.8 Å². The van der Waals surface area contributed by atoms with Crippen LogP contribution in [0.4, 0.5) is 4.39 Å². The maximum absolute atomic E-state index is 13.5. The second-order valence-electron chi connectivity index (χ2n) is 5.48. The third-order valence-corrected chi connectivity index (χ3v) is 4.74. The zero-order valence-corrected chi connectivity index (χ0v) is 13.5. The first-order valence-electron chi connectivity index (χ1n) is 7.09. The molecule has 2 rings (SSSR count). The summed E-state index contributed by atoms with van der Waals surface area (Å²) in [4.78, 5) is 0.592. The molecule has 0 radical (unpaired) electrons. The smallest absolute Gasteiger partial charge is 0.136 e. The molecule has 0 fully saturated rings. The van der Waals surface area contributed by atoms with E-state index < -0.39 is 6.10 Å². The van der Waals surface area contributed by atoms with Gasteiger partial charge in [0, 0.05) is 10.6 Å². The van der Waals surface area contributed by atoms with Gasteiger partial charge in [-0.05, 0) is 56.0 Å². The number of hydrogen-bond acceptors (Lipinski definition) is 2. The van der Waals surface area contributed by atoms with Crippen LogP contribution in [0.1, 0.15) is 22.3 Å². The van der Waals surface area contributed by atoms with Crippen LogP contribution in [-0.4, -0.2) is 17.0 Å². The van der Waals surface area contributed by atoms with Gasteiger partial charge in [0.2, 0.25) is 0 Å². The molecule has 2 aromatic rings. The largest absolute Gasteiger partial charge is 0.392 e. The normalized spacial score (nSPS) is 12.4. The van der Waals surface area contributed by atoms with Crippen molar-refractivity contribution in [1.29, 1.82) is 0 Å². The number of thioether (sulfide) groups is 1. The van der Waals surface area contributed by atoms with Crippen molar-refractivity contribution < 1.29 is 9.50 Å². The van der Waals surface area contributed by atoms with Crippen LogP contribution in [0.5, 0.6) is 0 Å². The van der Waals surface area contributed by atoms with Gasteiger partial charge in [-0.25, -0.2) is 4.39 Å². The molecule has 0 amide bonds. The molecule has 3 heteroatoms. The van der Waals surface area contributed by atoms with E-state index in [2.05, 4.69) is 32.9 Å². The maximum Gasteiger partial charge on any atom is 0.136 e. The van der Waals surface area contributed by atoms with Gasteiger partial charge in [-0.15, -0.1) is 11.8 Å². The van der Waals surface area contributed by atoms with E-state index in [9.17, 15) is 9.50 Å². The van der Waals surface area contributed by atoms with E-state index in [1.807, 2.05) is 6.07 Å². The lowest BCUT2D eigenvalue weighted by molar-refractivity contribution is 0.199. The van der Waals surface area contributed by atoms with Gasteiger partial charge >= 0.3 is 0 Å². The molecule has 0 saturated heterocycles. The first-order valence-corrected chi connectivity index (χ1v) is 8.08. The Morgan fingerprint density at radius 1 is 1.10 bits per heavy atom. The van der Waals surface area contributed by atoms with E-state index in [0.29, 0.717) is 17.1 Å². The molecule has 21 heavy (non-hydrogen) atoms. The molecule has 0 heterocycles. The number of aliphatic hydroxyl groups excluding tert-OH is 1. The minimum absolute atomic E-state index is 0.225. The van der Waals surface area contributed by atoms with E-state index in [1.54, 1.807) is 12.1 Å². The van der Waals surface area contributed by atoms with Crippen LogP contribution < -0.4 is 0 Å². The lowest BCUT2D eigenvalue weighted by Gasteiger charge is -2.15. The molecule has 1 atom stereocenters. The fourth-order valence-corrected chi connectivity index (χ4v) is 3.44. The van der Waals surface area contributed by atoms with E-state index in [-0.39, 0.29) is 5.82 Å². The van der Waals surface area contributed by atoms with Crippen molar-refractivity contribution in [3.05, 3.63) is 64.5 Å². The molecule has 0 bridgehead atoms. The summed E-state index contributed by atoms with van der Waals surface area (Å²) < 4.78 is 13.5. The Morgan fingerprint density at radius 3 is 2.33 bits per heavy atom. The summed E-state index contributed by atoms with van der Waals surface area (Å²) in [5.74, 6) is 0.269. The summed E-state index contributed by atoms with van der Waals surface area (Å²) in [6.07, 6.45) is 0.133. The predicted molar refractivity (Wildman–Crippen MR) is 87.5 cm³/mol. The first kappa shape index (κ1) is 16.1. The summed E-state index contributed by atoms with van der Waals surface area (Å²) >= 11 is 1.36. The minimum Gasteiger partial charge on any atom is -0.392 e. The molecule has 0 aromatic heterocycles. The van der Waals surface area contributed by atoms with E-state index in [1.165, 1.54) is 40.1 Å². The van der Waals surface area contributed by atoms with Gasteiger partial charge in [-0.1, -0.05) is 29.8 Å². The van der Waals surface area contributed by atoms with E-state index >= 15 is 0 Å². The summed E-state index contributed by atoms with van der Waals surface area (Å²) in [6.45, 7) is 6.23. The Hall–Kier alpha value is -1.32. The van der Waals surface area contributed by atoms with Gasteiger partial charge in [0.05, 0.1) is 6.10 Å². The van der Waals surface area contributed by atoms with Gasteiger partial charge in [-0.3, -0.25) is 0 Å². The summed E-state index contributed by atoms with van der Waals surface area (Å²) in [5, 5.41) is 10.2. The molecule has 1 unspecified atom stereocenters. The van der Waals surface area contributed by atoms with Gasteiger partial charge in [0.25, 0.3) is 0 Å². The maximum atomic E-state index is 13.5. The van der Waals surface area contributed by atoms with Gasteiger partial charge in [-0.2, -0.15) is 0 Å². The van der Waals surface area contributed by atoms with Crippen LogP contribution in [0.15, 0.2) is 41.3 Å². The fourth-order valence-electron chi connectivity index (χ4n) is 2.57. The highest BCUT2D eigenvalue weighted by Gasteiger charge is 2.12. The third kappa shape index (κ3) is 4.32. The Labute approximate surface area is 130 Å². The van der Waals surface area contributed by atoms with Gasteiger partial charge < -0.3 is 5.11 Å². The lowest BCUT2D eigenvalue weighted by Crippen LogP contribution is -2.15. The summed E-state index contributed by atoms with van der Waals surface area (Å²) in [7, 11) is 0. The Balaban J connectivity index is 1.99. The van der Waals surface area contributed by atoms with Crippen LogP contribution in [-0.2, 0) is 6.42 Å². The SMILES string of the molecule is Cc1cc(C)c(CC(O)CSc2ccccc2F)c(C)c1. The number of hydrogen-bond donors (Lipinski definition) is 1. The van der Waals surface area contributed by atoms with Gasteiger partial charge in [0.1, 0.15) is 5.82 Å². The zero-order valence-electron chi connectivity index (χ0n) is 12.7. The van der Waals surface area contributed by atoms with Crippen molar-refractivity contribution in [3.8, 4) is 0 Å². The summed E-state index contributed by atoms with van der Waals surface area (Å²) in [6, 6.07) is 11.0. The van der Waals surface area contributed by atoms with Crippen molar-refractivity contribution in [2.24, 2.45) is 0 Å². The number of aryl methyl sites for hydroxylation is 3. The lowest BCUT2D eigenvalue weighted by atomic mass is 9.96. The van der Waals surface area contributed by atoms with Crippen molar-refractivity contribution in [2.75, 3.05) is 5.75 Å². The highest BCUT2D eigenvalue weighted by molar-refractivity contribution is 7.99. The first-order chi connectivity index (χ1) is 9.97. The molecule has 0 aliphatic heterocycles. The average Bonchev–Trinajstić information content (AvgIpc) is 2.42. The Morgan fingerprint density at radius 2 is 1.71 bits per heavy atom. The second-order valence-corrected chi connectivity index (χ2v) is 6.54. The minimum atomic E-state index is -0.477. The predicted octanol–water partition coefficient (Wildman–Crippen LogP) is 4.45. The Bertz CT molecular complexity index is 601. The number of benzene rings is 2. The van der Waals surface area contributed by atoms with Crippen LogP contribution in [0.2, 0.25) is 0 Å². The van der Waals surface area contributed by atoms with Crippen LogP contribution in [0.3, 0.4) is 0 Å². The molecule has 0 aliphatic carbocycles. The van der Waals surface area contributed by atoms with Crippen LogP contribution >= 0.6 is 11.8 Å². The number of rotatable bonds is 5. The molecular formula is C18H21FOS. The molecule has 0 saturated carbocycles. The molecule has 1 nitrogen and oxygen atoms in total. The molecule has 0 spiro atoms. The molecule has 2 aromatic carbocycles. The number of aliphatic hydroxyl groups is 1. The zero-order chi connectivity index (χ0) is 15.4. The quantitative estimate of drug-likeness (QED) is 0.824. The monoisotopic (exact) mass is 304 g/mol. The Kier molecular flexibility index (Phi) is 5.43. The topological polar surface area (TPSA) is 20.2 Å². The van der Waals surface area contributed by atoms with E-state index in [0.717, 1.165) is 0 Å². The molecule has 112 valence electrons. The highest BCUT2D eigenvalue weighted by atomic mass is 32.2. The summed E-state index contributed by atoms with van der Waals surface area (Å²) in [5.41, 5.74) is 4.86. The second kappa shape index (κ2) is 7.10. The highest BCUT2D eigenvalue weighted by Crippen LogP contribution is 2.24. The third-order valence-electron chi connectivity index (χ3n) is 3.55. The van der Waals surface area contributed by atoms with Crippen molar-refractivity contribution in [2.45, 2.75) is 38.2 Å². The molecular weight excluding hydrogens is 283 g/mol.